The van der Waals surface area contributed by atoms with Crippen LogP contribution in [0, 0.1) is 18.7 Å². The van der Waals surface area contributed by atoms with Gasteiger partial charge >= 0.3 is 0 Å². The molecule has 2 saturated heterocycles. The van der Waals surface area contributed by atoms with Gasteiger partial charge in [0, 0.05) is 49.9 Å². The molecule has 2 aliphatic heterocycles. The Balaban J connectivity index is 1.26. The van der Waals surface area contributed by atoms with Crippen molar-refractivity contribution in [3.63, 3.8) is 0 Å². The first-order chi connectivity index (χ1) is 20.8. The summed E-state index contributed by atoms with van der Waals surface area (Å²) in [5.41, 5.74) is 3.77. The third-order valence-electron chi connectivity index (χ3n) is 8.47. The van der Waals surface area contributed by atoms with E-state index >= 15 is 4.39 Å². The molecule has 5 heterocycles. The number of aliphatic imine (C=N–C) groups is 2. The summed E-state index contributed by atoms with van der Waals surface area (Å²) in [6.45, 7) is 9.79. The van der Waals surface area contributed by atoms with Gasteiger partial charge in [0.1, 0.15) is 22.7 Å². The van der Waals surface area contributed by atoms with Gasteiger partial charge in [-0.1, -0.05) is 6.58 Å². The Morgan fingerprint density at radius 1 is 1.23 bits per heavy atom. The van der Waals surface area contributed by atoms with Gasteiger partial charge in [0.2, 0.25) is 5.91 Å². The predicted molar refractivity (Wildman–Crippen MR) is 165 cm³/mol. The highest BCUT2D eigenvalue weighted by Gasteiger charge is 2.43. The Morgan fingerprint density at radius 3 is 2.81 bits per heavy atom. The number of aryl methyl sites for hydroxylation is 1. The van der Waals surface area contributed by atoms with Crippen LogP contribution in [-0.4, -0.2) is 62.5 Å². The first kappa shape index (κ1) is 28.2. The lowest BCUT2D eigenvalue weighted by Crippen LogP contribution is -2.54. The molecule has 1 N–H and O–H groups in total. The van der Waals surface area contributed by atoms with E-state index in [1.165, 1.54) is 6.08 Å². The molecule has 3 aliphatic rings. The lowest BCUT2D eigenvalue weighted by molar-refractivity contribution is -0.134. The molecule has 2 bridgehead atoms. The number of amides is 1. The molecule has 0 spiro atoms. The molecule has 3 aromatic heterocycles. The highest BCUT2D eigenvalue weighted by Crippen LogP contribution is 2.44. The molecule has 10 nitrogen and oxygen atoms in total. The third kappa shape index (κ3) is 5.15. The van der Waals surface area contributed by atoms with Crippen molar-refractivity contribution in [3.05, 3.63) is 78.3 Å². The molecular formula is C32H33FN8O2. The SMILES string of the molecule is C=CC(=O)N1C[C@H]2CC[C@@H]1[C@H](c1ccc(N=C)c(/C(=N\C)Nc3ccc(Oc4cnc5c(c4)ncn5C)c(C)c3F)n1)C2. The quantitative estimate of drug-likeness (QED) is 0.171. The summed E-state index contributed by atoms with van der Waals surface area (Å²) in [7, 11) is 3.47. The number of imidazole rings is 1. The zero-order chi connectivity index (χ0) is 30.2. The van der Waals surface area contributed by atoms with Gasteiger partial charge < -0.3 is 19.5 Å². The molecule has 1 saturated carbocycles. The minimum Gasteiger partial charge on any atom is -0.455 e. The number of nitrogens with zero attached hydrogens (tertiary/aromatic N) is 7. The van der Waals surface area contributed by atoms with E-state index < -0.39 is 5.82 Å². The number of amidine groups is 1. The van der Waals surface area contributed by atoms with Gasteiger partial charge in [-0.3, -0.25) is 14.8 Å². The van der Waals surface area contributed by atoms with Crippen molar-refractivity contribution in [1.82, 2.24) is 24.4 Å². The van der Waals surface area contributed by atoms with E-state index in [4.69, 9.17) is 9.72 Å². The second-order valence-corrected chi connectivity index (χ2v) is 11.0. The average Bonchev–Trinajstić information content (AvgIpc) is 3.41. The topological polar surface area (TPSA) is 110 Å². The van der Waals surface area contributed by atoms with E-state index in [2.05, 4.69) is 38.6 Å². The van der Waals surface area contributed by atoms with Crippen molar-refractivity contribution in [1.29, 1.82) is 0 Å². The molecule has 0 radical (unpaired) electrons. The summed E-state index contributed by atoms with van der Waals surface area (Å²) in [5, 5.41) is 3.11. The lowest BCUT2D eigenvalue weighted by atomic mass is 9.71. The average molecular weight is 581 g/mol. The number of piperidine rings is 2. The Morgan fingerprint density at radius 2 is 2.07 bits per heavy atom. The molecular weight excluding hydrogens is 547 g/mol. The molecule has 4 aromatic rings. The lowest BCUT2D eigenvalue weighted by Gasteiger charge is -2.49. The largest absolute Gasteiger partial charge is 0.455 e. The molecule has 3 atom stereocenters. The number of hydrogen-bond acceptors (Lipinski definition) is 7. The monoisotopic (exact) mass is 580 g/mol. The van der Waals surface area contributed by atoms with Crippen LogP contribution in [-0.2, 0) is 11.8 Å². The van der Waals surface area contributed by atoms with Gasteiger partial charge in [-0.2, -0.15) is 0 Å². The number of aromatic nitrogens is 4. The molecule has 0 unspecified atom stereocenters. The zero-order valence-corrected chi connectivity index (χ0v) is 24.4. The van der Waals surface area contributed by atoms with Gasteiger partial charge in [-0.05, 0) is 69.2 Å². The van der Waals surface area contributed by atoms with Crippen molar-refractivity contribution >= 4 is 41.0 Å². The van der Waals surface area contributed by atoms with Crippen LogP contribution in [0.1, 0.15) is 42.1 Å². The Labute approximate surface area is 249 Å². The minimum atomic E-state index is -0.488. The number of fused-ring (bicyclic) bond motifs is 4. The summed E-state index contributed by atoms with van der Waals surface area (Å²) in [4.78, 5) is 36.7. The minimum absolute atomic E-state index is 0.0479. The highest BCUT2D eigenvalue weighted by atomic mass is 19.1. The number of carbonyl (C=O) groups is 1. The number of pyridine rings is 2. The second kappa shape index (κ2) is 11.4. The van der Waals surface area contributed by atoms with E-state index in [1.807, 2.05) is 28.6 Å². The van der Waals surface area contributed by atoms with Crippen molar-refractivity contribution in [2.75, 3.05) is 18.9 Å². The molecule has 1 aliphatic carbocycles. The van der Waals surface area contributed by atoms with Gasteiger partial charge in [0.15, 0.2) is 17.3 Å². The van der Waals surface area contributed by atoms with Gasteiger partial charge in [-0.25, -0.2) is 19.3 Å². The number of carbonyl (C=O) groups excluding carboxylic acids is 1. The van der Waals surface area contributed by atoms with Crippen LogP contribution >= 0.6 is 0 Å². The smallest absolute Gasteiger partial charge is 0.246 e. The molecule has 11 heteroatoms. The summed E-state index contributed by atoms with van der Waals surface area (Å²) in [5.74, 6) is 1.11. The molecule has 1 aromatic carbocycles. The normalized spacial score (nSPS) is 19.9. The number of nitrogens with one attached hydrogen (secondary N) is 1. The number of anilines is 1. The van der Waals surface area contributed by atoms with Crippen LogP contribution < -0.4 is 10.1 Å². The Hall–Kier alpha value is -4.93. The van der Waals surface area contributed by atoms with E-state index in [0.717, 1.165) is 37.1 Å². The predicted octanol–water partition coefficient (Wildman–Crippen LogP) is 5.70. The van der Waals surface area contributed by atoms with Crippen LogP contribution in [0.5, 0.6) is 11.5 Å². The Bertz CT molecular complexity index is 1780. The maximum Gasteiger partial charge on any atom is 0.246 e. The first-order valence-corrected chi connectivity index (χ1v) is 14.2. The number of ether oxygens (including phenoxy) is 1. The second-order valence-electron chi connectivity index (χ2n) is 11.0. The number of rotatable bonds is 7. The zero-order valence-electron chi connectivity index (χ0n) is 24.4. The molecule has 7 rings (SSSR count). The van der Waals surface area contributed by atoms with Gasteiger partial charge in [0.05, 0.1) is 23.9 Å². The summed E-state index contributed by atoms with van der Waals surface area (Å²) in [6.07, 6.45) is 7.61. The fraction of sp³-hybridized carbons (Fsp3) is 0.312. The van der Waals surface area contributed by atoms with Crippen LogP contribution in [0.4, 0.5) is 15.8 Å². The summed E-state index contributed by atoms with van der Waals surface area (Å²) in [6, 6.07) is 8.90. The number of halogens is 1. The summed E-state index contributed by atoms with van der Waals surface area (Å²) >= 11 is 0. The van der Waals surface area contributed by atoms with Crippen LogP contribution in [0.15, 0.2) is 65.5 Å². The summed E-state index contributed by atoms with van der Waals surface area (Å²) < 4.78 is 23.5. The van der Waals surface area contributed by atoms with Gasteiger partial charge in [0.25, 0.3) is 0 Å². The fourth-order valence-electron chi connectivity index (χ4n) is 6.26. The maximum absolute atomic E-state index is 15.7. The molecule has 220 valence electrons. The first-order valence-electron chi connectivity index (χ1n) is 14.2. The van der Waals surface area contributed by atoms with Crippen molar-refractivity contribution < 1.29 is 13.9 Å². The van der Waals surface area contributed by atoms with E-state index in [9.17, 15) is 4.79 Å². The van der Waals surface area contributed by atoms with E-state index in [-0.39, 0.29) is 23.6 Å². The fourth-order valence-corrected chi connectivity index (χ4v) is 6.26. The van der Waals surface area contributed by atoms with Crippen molar-refractivity contribution in [2.24, 2.45) is 23.0 Å². The van der Waals surface area contributed by atoms with Crippen molar-refractivity contribution in [2.45, 2.75) is 38.1 Å². The molecule has 3 fully saturated rings. The third-order valence-corrected chi connectivity index (χ3v) is 8.47. The van der Waals surface area contributed by atoms with E-state index in [0.29, 0.717) is 45.7 Å². The molecule has 1 amide bonds. The molecule has 43 heavy (non-hydrogen) atoms. The maximum atomic E-state index is 15.7. The van der Waals surface area contributed by atoms with Crippen LogP contribution in [0.2, 0.25) is 0 Å². The number of hydrogen-bond donors (Lipinski definition) is 1. The number of benzene rings is 1. The standard InChI is InChI=1S/C32H33FN8O2/c1-6-28(42)41-16-19-7-11-26(41)21(13-19)22-8-9-24(34-3)30(38-22)31(35-4)39-23-10-12-27(18(2)29(23)33)43-20-14-25-32(36-15-20)40(5)17-37-25/h6,8-10,12,14-15,17,19,21,26H,1,3,7,11,13,16H2,2,4-5H3,(H,35,39)/t19-,21-,26+/m0/s1. The van der Waals surface area contributed by atoms with Crippen LogP contribution in [0.25, 0.3) is 11.2 Å². The van der Waals surface area contributed by atoms with Crippen LogP contribution in [0.3, 0.4) is 0 Å². The highest BCUT2D eigenvalue weighted by molar-refractivity contribution is 6.10. The Kier molecular flexibility index (Phi) is 7.47. The van der Waals surface area contributed by atoms with E-state index in [1.54, 1.807) is 44.7 Å². The van der Waals surface area contributed by atoms with Gasteiger partial charge in [-0.15, -0.1) is 0 Å². The van der Waals surface area contributed by atoms with Crippen molar-refractivity contribution in [3.8, 4) is 11.5 Å².